The number of hydrogen-bond acceptors (Lipinski definition) is 3. The molecule has 2 N–H and O–H groups in total. The molecule has 1 heterocycles. The van der Waals surface area contributed by atoms with Gasteiger partial charge in [0.15, 0.2) is 0 Å². The van der Waals surface area contributed by atoms with Crippen LogP contribution in [0, 0.1) is 0 Å². The van der Waals surface area contributed by atoms with Crippen LogP contribution < -0.4 is 10.6 Å². The SMILES string of the molecule is CC(C)(C)OC(=O)N1CCCc2cc(C3(CN)CC3)ccc21. The van der Waals surface area contributed by atoms with Crippen LogP contribution in [0.2, 0.25) is 0 Å². The molecule has 1 amide bonds. The predicted octanol–water partition coefficient (Wildman–Crippen LogP) is 3.36. The Kier molecular flexibility index (Phi) is 3.68. The smallest absolute Gasteiger partial charge is 0.414 e. The number of benzene rings is 1. The Morgan fingerprint density at radius 2 is 2.09 bits per heavy atom. The zero-order valence-electron chi connectivity index (χ0n) is 13.8. The molecule has 120 valence electrons. The summed E-state index contributed by atoms with van der Waals surface area (Å²) in [5, 5.41) is 0. The number of aryl methyl sites for hydroxylation is 1. The Morgan fingerprint density at radius 3 is 2.68 bits per heavy atom. The number of ether oxygens (including phenoxy) is 1. The number of carbonyl (C=O) groups is 1. The summed E-state index contributed by atoms with van der Waals surface area (Å²) in [5.74, 6) is 0. The van der Waals surface area contributed by atoms with Crippen LogP contribution in [0.1, 0.15) is 51.2 Å². The molecular formula is C18H26N2O2. The van der Waals surface area contributed by atoms with Crippen LogP contribution in [0.3, 0.4) is 0 Å². The molecule has 1 aliphatic carbocycles. The van der Waals surface area contributed by atoms with Crippen molar-refractivity contribution in [1.29, 1.82) is 0 Å². The van der Waals surface area contributed by atoms with Gasteiger partial charge in [-0.05, 0) is 63.6 Å². The molecule has 4 nitrogen and oxygen atoms in total. The number of carbonyl (C=O) groups excluding carboxylic acids is 1. The molecule has 1 aromatic carbocycles. The lowest BCUT2D eigenvalue weighted by Gasteiger charge is -2.32. The molecule has 0 atom stereocenters. The maximum absolute atomic E-state index is 12.4. The van der Waals surface area contributed by atoms with Gasteiger partial charge in [-0.1, -0.05) is 12.1 Å². The van der Waals surface area contributed by atoms with E-state index in [0.717, 1.165) is 25.1 Å². The minimum absolute atomic E-state index is 0.198. The summed E-state index contributed by atoms with van der Waals surface area (Å²) in [5.41, 5.74) is 9.24. The van der Waals surface area contributed by atoms with Gasteiger partial charge in [-0.25, -0.2) is 4.79 Å². The Balaban J connectivity index is 1.86. The van der Waals surface area contributed by atoms with Gasteiger partial charge in [0.2, 0.25) is 0 Å². The van der Waals surface area contributed by atoms with Crippen LogP contribution in [0.25, 0.3) is 0 Å². The minimum atomic E-state index is -0.466. The van der Waals surface area contributed by atoms with Crippen molar-refractivity contribution in [3.8, 4) is 0 Å². The van der Waals surface area contributed by atoms with Gasteiger partial charge >= 0.3 is 6.09 Å². The summed E-state index contributed by atoms with van der Waals surface area (Å²) in [6.45, 7) is 7.13. The van der Waals surface area contributed by atoms with Crippen LogP contribution in [0.4, 0.5) is 10.5 Å². The first-order valence-corrected chi connectivity index (χ1v) is 8.19. The maximum atomic E-state index is 12.4. The quantitative estimate of drug-likeness (QED) is 0.911. The average Bonchev–Trinajstić information content (AvgIpc) is 3.25. The highest BCUT2D eigenvalue weighted by Gasteiger charge is 2.43. The second-order valence-corrected chi connectivity index (χ2v) is 7.56. The van der Waals surface area contributed by atoms with E-state index in [0.29, 0.717) is 6.54 Å². The monoisotopic (exact) mass is 302 g/mol. The molecular weight excluding hydrogens is 276 g/mol. The van der Waals surface area contributed by atoms with Crippen molar-refractivity contribution in [3.63, 3.8) is 0 Å². The molecule has 4 heteroatoms. The Hall–Kier alpha value is -1.55. The fourth-order valence-electron chi connectivity index (χ4n) is 3.20. The average molecular weight is 302 g/mol. The van der Waals surface area contributed by atoms with Gasteiger partial charge in [0.1, 0.15) is 5.60 Å². The number of rotatable bonds is 2. The molecule has 0 bridgehead atoms. The van der Waals surface area contributed by atoms with E-state index in [1.54, 1.807) is 4.90 Å². The van der Waals surface area contributed by atoms with Gasteiger partial charge in [-0.3, -0.25) is 4.90 Å². The first kappa shape index (κ1) is 15.3. The lowest BCUT2D eigenvalue weighted by molar-refractivity contribution is 0.0578. The zero-order chi connectivity index (χ0) is 16.0. The van der Waals surface area contributed by atoms with E-state index in [1.165, 1.54) is 24.0 Å². The van der Waals surface area contributed by atoms with Gasteiger partial charge in [0.05, 0.1) is 5.69 Å². The molecule has 0 unspecified atom stereocenters. The van der Waals surface area contributed by atoms with Crippen molar-refractivity contribution < 1.29 is 9.53 Å². The van der Waals surface area contributed by atoms with E-state index in [-0.39, 0.29) is 11.5 Å². The number of hydrogen-bond donors (Lipinski definition) is 1. The second kappa shape index (κ2) is 5.27. The highest BCUT2D eigenvalue weighted by atomic mass is 16.6. The lowest BCUT2D eigenvalue weighted by Crippen LogP contribution is -2.39. The van der Waals surface area contributed by atoms with Crippen molar-refractivity contribution in [2.24, 2.45) is 5.73 Å². The van der Waals surface area contributed by atoms with Gasteiger partial charge in [0.25, 0.3) is 0 Å². The third kappa shape index (κ3) is 2.84. The number of amides is 1. The Morgan fingerprint density at radius 1 is 1.36 bits per heavy atom. The largest absolute Gasteiger partial charge is 0.443 e. The fourth-order valence-corrected chi connectivity index (χ4v) is 3.20. The zero-order valence-corrected chi connectivity index (χ0v) is 13.8. The van der Waals surface area contributed by atoms with Gasteiger partial charge in [-0.15, -0.1) is 0 Å². The Labute approximate surface area is 132 Å². The molecule has 3 rings (SSSR count). The van der Waals surface area contributed by atoms with Crippen LogP contribution in [0.5, 0.6) is 0 Å². The van der Waals surface area contributed by atoms with E-state index in [1.807, 2.05) is 20.8 Å². The third-order valence-electron chi connectivity index (χ3n) is 4.67. The van der Waals surface area contributed by atoms with E-state index < -0.39 is 5.60 Å². The number of fused-ring (bicyclic) bond motifs is 1. The second-order valence-electron chi connectivity index (χ2n) is 7.56. The molecule has 1 aliphatic heterocycles. The van der Waals surface area contributed by atoms with Crippen LogP contribution >= 0.6 is 0 Å². The summed E-state index contributed by atoms with van der Waals surface area (Å²) in [7, 11) is 0. The summed E-state index contributed by atoms with van der Waals surface area (Å²) in [4.78, 5) is 14.2. The number of nitrogens with zero attached hydrogens (tertiary/aromatic N) is 1. The summed E-state index contributed by atoms with van der Waals surface area (Å²) < 4.78 is 5.53. The molecule has 1 saturated carbocycles. The molecule has 0 aromatic heterocycles. The standard InChI is InChI=1S/C18H26N2O2/c1-17(2,3)22-16(21)20-10-4-5-13-11-14(6-7-15(13)20)18(12-19)8-9-18/h6-7,11H,4-5,8-10,12,19H2,1-3H3. The van der Waals surface area contributed by atoms with Crippen molar-refractivity contribution in [3.05, 3.63) is 29.3 Å². The lowest BCUT2D eigenvalue weighted by atomic mass is 9.91. The van der Waals surface area contributed by atoms with Gasteiger partial charge in [-0.2, -0.15) is 0 Å². The summed E-state index contributed by atoms with van der Waals surface area (Å²) in [6, 6.07) is 6.47. The topological polar surface area (TPSA) is 55.6 Å². The first-order chi connectivity index (χ1) is 10.3. The van der Waals surface area contributed by atoms with E-state index in [2.05, 4.69) is 18.2 Å². The van der Waals surface area contributed by atoms with Crippen molar-refractivity contribution >= 4 is 11.8 Å². The van der Waals surface area contributed by atoms with Gasteiger partial charge < -0.3 is 10.5 Å². The first-order valence-electron chi connectivity index (χ1n) is 8.19. The molecule has 22 heavy (non-hydrogen) atoms. The molecule has 0 spiro atoms. The normalized spacial score (nSPS) is 19.5. The third-order valence-corrected chi connectivity index (χ3v) is 4.67. The van der Waals surface area contributed by atoms with Crippen molar-refractivity contribution in [2.75, 3.05) is 18.0 Å². The van der Waals surface area contributed by atoms with E-state index >= 15 is 0 Å². The van der Waals surface area contributed by atoms with Crippen LogP contribution in [-0.4, -0.2) is 24.8 Å². The highest BCUT2D eigenvalue weighted by Crippen LogP contribution is 2.48. The van der Waals surface area contributed by atoms with Gasteiger partial charge in [0, 0.05) is 18.5 Å². The van der Waals surface area contributed by atoms with Crippen molar-refractivity contribution in [1.82, 2.24) is 0 Å². The van der Waals surface area contributed by atoms with Crippen molar-refractivity contribution in [2.45, 2.75) is 57.5 Å². The molecule has 0 saturated heterocycles. The maximum Gasteiger partial charge on any atom is 0.414 e. The highest BCUT2D eigenvalue weighted by molar-refractivity contribution is 5.89. The minimum Gasteiger partial charge on any atom is -0.443 e. The molecule has 1 fully saturated rings. The predicted molar refractivity (Wildman–Crippen MR) is 88.3 cm³/mol. The van der Waals surface area contributed by atoms with Crippen LogP contribution in [0.15, 0.2) is 18.2 Å². The fraction of sp³-hybridized carbons (Fsp3) is 0.611. The summed E-state index contributed by atoms with van der Waals surface area (Å²) >= 11 is 0. The number of nitrogens with two attached hydrogens (primary N) is 1. The summed E-state index contributed by atoms with van der Waals surface area (Å²) in [6.07, 6.45) is 4.10. The molecule has 0 radical (unpaired) electrons. The van der Waals surface area contributed by atoms with E-state index in [9.17, 15) is 4.79 Å². The molecule has 1 aromatic rings. The van der Waals surface area contributed by atoms with E-state index in [4.69, 9.17) is 10.5 Å². The Bertz CT molecular complexity index is 585. The number of anilines is 1. The molecule has 2 aliphatic rings. The van der Waals surface area contributed by atoms with Crippen LogP contribution in [-0.2, 0) is 16.6 Å².